The van der Waals surface area contributed by atoms with Crippen molar-refractivity contribution in [2.45, 2.75) is 4.90 Å². The summed E-state index contributed by atoms with van der Waals surface area (Å²) in [5.41, 5.74) is 2.27. The number of rotatable bonds is 6. The monoisotopic (exact) mass is 371 g/mol. The van der Waals surface area contributed by atoms with Gasteiger partial charge in [-0.2, -0.15) is 9.41 Å². The van der Waals surface area contributed by atoms with Gasteiger partial charge in [-0.1, -0.05) is 30.3 Å². The summed E-state index contributed by atoms with van der Waals surface area (Å²) in [4.78, 5) is 12.0. The number of sulfonamides is 1. The van der Waals surface area contributed by atoms with Crippen LogP contribution in [0.15, 0.2) is 75.3 Å². The summed E-state index contributed by atoms with van der Waals surface area (Å²) in [7, 11) is -2.44. The molecule has 0 radical (unpaired) electrons. The van der Waals surface area contributed by atoms with Gasteiger partial charge in [-0.05, 0) is 35.0 Å². The second kappa shape index (κ2) is 7.51. The molecule has 0 aliphatic carbocycles. The molecule has 1 N–H and O–H groups in total. The van der Waals surface area contributed by atoms with Crippen LogP contribution in [-0.2, 0) is 14.8 Å². The van der Waals surface area contributed by atoms with Crippen LogP contribution in [0.25, 0.3) is 10.8 Å². The van der Waals surface area contributed by atoms with E-state index in [1.807, 2.05) is 24.3 Å². The minimum absolute atomic E-state index is 0.130. The van der Waals surface area contributed by atoms with Gasteiger partial charge in [0.15, 0.2) is 0 Å². The topological polar surface area (TPSA) is 92.0 Å². The summed E-state index contributed by atoms with van der Waals surface area (Å²) < 4.78 is 31.3. The average molecular weight is 371 g/mol. The van der Waals surface area contributed by atoms with Crippen molar-refractivity contribution in [3.05, 3.63) is 66.6 Å². The molecule has 0 saturated carbocycles. The van der Waals surface area contributed by atoms with E-state index < -0.39 is 15.9 Å². The van der Waals surface area contributed by atoms with Crippen LogP contribution in [0.5, 0.6) is 0 Å². The van der Waals surface area contributed by atoms with Crippen LogP contribution in [0.4, 0.5) is 0 Å². The van der Waals surface area contributed by atoms with Gasteiger partial charge in [-0.15, -0.1) is 0 Å². The van der Waals surface area contributed by atoms with Crippen molar-refractivity contribution in [3.8, 4) is 0 Å². The summed E-state index contributed by atoms with van der Waals surface area (Å²) in [6, 6.07) is 15.7. The van der Waals surface area contributed by atoms with Gasteiger partial charge in [0, 0.05) is 7.05 Å². The van der Waals surface area contributed by atoms with E-state index in [0.29, 0.717) is 5.76 Å². The van der Waals surface area contributed by atoms with Gasteiger partial charge in [0.1, 0.15) is 5.76 Å². The van der Waals surface area contributed by atoms with Gasteiger partial charge in [0.25, 0.3) is 5.91 Å². The third kappa shape index (κ3) is 3.98. The predicted molar refractivity (Wildman–Crippen MR) is 98.2 cm³/mol. The Kier molecular flexibility index (Phi) is 5.15. The molecule has 0 saturated heterocycles. The molecule has 0 unspecified atom stereocenters. The Morgan fingerprint density at radius 1 is 1.15 bits per heavy atom. The zero-order valence-corrected chi connectivity index (χ0v) is 14.8. The Labute approximate surface area is 151 Å². The van der Waals surface area contributed by atoms with Crippen molar-refractivity contribution in [1.82, 2.24) is 9.73 Å². The minimum Gasteiger partial charge on any atom is -0.463 e. The molecule has 2 aromatic carbocycles. The average Bonchev–Trinajstić information content (AvgIpc) is 3.14. The maximum Gasteiger partial charge on any atom is 0.255 e. The van der Waals surface area contributed by atoms with Gasteiger partial charge in [0.05, 0.1) is 23.9 Å². The van der Waals surface area contributed by atoms with Crippen molar-refractivity contribution in [2.24, 2.45) is 5.10 Å². The number of benzene rings is 2. The fourth-order valence-corrected chi connectivity index (χ4v) is 3.53. The van der Waals surface area contributed by atoms with E-state index in [9.17, 15) is 13.2 Å². The predicted octanol–water partition coefficient (Wildman–Crippen LogP) is 2.20. The number of carbonyl (C=O) groups excluding carboxylic acids is 1. The van der Waals surface area contributed by atoms with Crippen LogP contribution in [0, 0.1) is 0 Å². The molecule has 0 fully saturated rings. The molecule has 134 valence electrons. The van der Waals surface area contributed by atoms with E-state index >= 15 is 0 Å². The Morgan fingerprint density at radius 3 is 2.65 bits per heavy atom. The van der Waals surface area contributed by atoms with Crippen LogP contribution in [0.3, 0.4) is 0 Å². The minimum atomic E-state index is -3.79. The Balaban J connectivity index is 1.68. The van der Waals surface area contributed by atoms with E-state index in [0.717, 1.165) is 15.1 Å². The van der Waals surface area contributed by atoms with Crippen LogP contribution >= 0.6 is 0 Å². The quantitative estimate of drug-likeness (QED) is 0.531. The summed E-state index contributed by atoms with van der Waals surface area (Å²) >= 11 is 0. The smallest absolute Gasteiger partial charge is 0.255 e. The summed E-state index contributed by atoms with van der Waals surface area (Å²) in [5, 5.41) is 5.48. The Morgan fingerprint density at radius 2 is 1.92 bits per heavy atom. The molecule has 0 spiro atoms. The molecule has 0 bridgehead atoms. The summed E-state index contributed by atoms with van der Waals surface area (Å²) in [6.07, 6.45) is 2.81. The molecular weight excluding hydrogens is 354 g/mol. The molecule has 7 nitrogen and oxygen atoms in total. The first-order valence-electron chi connectivity index (χ1n) is 7.77. The molecule has 0 aliphatic rings. The first-order chi connectivity index (χ1) is 12.5. The number of hydrogen-bond acceptors (Lipinski definition) is 5. The van der Waals surface area contributed by atoms with E-state index in [1.165, 1.54) is 25.6 Å². The number of hydrogen-bond donors (Lipinski definition) is 1. The van der Waals surface area contributed by atoms with Gasteiger partial charge in [0.2, 0.25) is 10.0 Å². The summed E-state index contributed by atoms with van der Waals surface area (Å²) in [5.74, 6) is -0.0814. The number of hydrazone groups is 1. The summed E-state index contributed by atoms with van der Waals surface area (Å²) in [6.45, 7) is -0.356. The number of fused-ring (bicyclic) bond motifs is 1. The van der Waals surface area contributed by atoms with Gasteiger partial charge >= 0.3 is 0 Å². The van der Waals surface area contributed by atoms with E-state index in [4.69, 9.17) is 4.42 Å². The third-order valence-electron chi connectivity index (χ3n) is 3.72. The fraction of sp³-hybridized carbons (Fsp3) is 0.111. The highest BCUT2D eigenvalue weighted by Gasteiger charge is 2.23. The lowest BCUT2D eigenvalue weighted by atomic mass is 10.1. The lowest BCUT2D eigenvalue weighted by Crippen LogP contribution is -2.36. The van der Waals surface area contributed by atoms with Crippen LogP contribution in [0.1, 0.15) is 5.76 Å². The highest BCUT2D eigenvalue weighted by Crippen LogP contribution is 2.21. The van der Waals surface area contributed by atoms with Crippen molar-refractivity contribution < 1.29 is 17.6 Å². The number of carbonyl (C=O) groups is 1. The first-order valence-corrected chi connectivity index (χ1v) is 9.21. The van der Waals surface area contributed by atoms with Crippen LogP contribution in [0.2, 0.25) is 0 Å². The molecule has 26 heavy (non-hydrogen) atoms. The molecule has 1 amide bonds. The standard InChI is InChI=1S/C18H17N3O4S/c1-21(13-18(22)20-19-12-16-7-4-10-25-16)26(23,24)17-9-8-14-5-2-3-6-15(14)11-17/h2-12H,13H2,1H3,(H,20,22). The third-order valence-corrected chi connectivity index (χ3v) is 5.52. The van der Waals surface area contributed by atoms with E-state index in [2.05, 4.69) is 10.5 Å². The molecule has 1 heterocycles. The lowest BCUT2D eigenvalue weighted by Gasteiger charge is -2.16. The van der Waals surface area contributed by atoms with Gasteiger partial charge < -0.3 is 4.42 Å². The van der Waals surface area contributed by atoms with Gasteiger partial charge in [-0.25, -0.2) is 13.8 Å². The molecular formula is C18H17N3O4S. The van der Waals surface area contributed by atoms with Crippen molar-refractivity contribution >= 4 is 32.9 Å². The second-order valence-corrected chi connectivity index (χ2v) is 7.62. The number of nitrogens with one attached hydrogen (secondary N) is 1. The van der Waals surface area contributed by atoms with Crippen molar-refractivity contribution in [3.63, 3.8) is 0 Å². The van der Waals surface area contributed by atoms with Gasteiger partial charge in [-0.3, -0.25) is 4.79 Å². The van der Waals surface area contributed by atoms with Crippen LogP contribution < -0.4 is 5.43 Å². The lowest BCUT2D eigenvalue weighted by molar-refractivity contribution is -0.121. The number of likely N-dealkylation sites (N-methyl/N-ethyl adjacent to an activating group) is 1. The fourth-order valence-electron chi connectivity index (χ4n) is 2.36. The highest BCUT2D eigenvalue weighted by atomic mass is 32.2. The van der Waals surface area contributed by atoms with E-state index in [1.54, 1.807) is 24.3 Å². The number of amides is 1. The number of furan rings is 1. The largest absolute Gasteiger partial charge is 0.463 e. The zero-order valence-electron chi connectivity index (χ0n) is 14.0. The molecule has 0 aliphatic heterocycles. The van der Waals surface area contributed by atoms with Crippen molar-refractivity contribution in [1.29, 1.82) is 0 Å². The SMILES string of the molecule is CN(CC(=O)NN=Cc1ccco1)S(=O)(=O)c1ccc2ccccc2c1. The normalized spacial score (nSPS) is 12.1. The maximum atomic E-state index is 12.7. The molecule has 0 atom stereocenters. The Bertz CT molecular complexity index is 1040. The number of nitrogens with zero attached hydrogens (tertiary/aromatic N) is 2. The Hall–Kier alpha value is -2.97. The maximum absolute atomic E-state index is 12.7. The second-order valence-electron chi connectivity index (χ2n) is 5.58. The molecule has 3 rings (SSSR count). The van der Waals surface area contributed by atoms with Crippen LogP contribution in [-0.4, -0.2) is 38.4 Å². The molecule has 8 heteroatoms. The molecule has 1 aromatic heterocycles. The van der Waals surface area contributed by atoms with Crippen molar-refractivity contribution in [2.75, 3.05) is 13.6 Å². The first kappa shape index (κ1) is 17.8. The molecule has 3 aromatic rings. The highest BCUT2D eigenvalue weighted by molar-refractivity contribution is 7.89. The zero-order chi connectivity index (χ0) is 18.6. The van der Waals surface area contributed by atoms with E-state index in [-0.39, 0.29) is 11.4 Å².